The summed E-state index contributed by atoms with van der Waals surface area (Å²) in [6.45, 7) is 8.72. The number of rotatable bonds is 6. The second kappa shape index (κ2) is 7.68. The molecule has 1 aromatic heterocycles. The quantitative estimate of drug-likeness (QED) is 0.817. The largest absolute Gasteiger partial charge is 0.478 e. The number of thiazole rings is 1. The second-order valence-electron chi connectivity index (χ2n) is 5.39. The van der Waals surface area contributed by atoms with E-state index < -0.39 is 5.97 Å². The summed E-state index contributed by atoms with van der Waals surface area (Å²) in [6.07, 6.45) is 3.75. The molecule has 1 aliphatic heterocycles. The number of hydrogen-bond donors (Lipinski definition) is 1. The van der Waals surface area contributed by atoms with Crippen LogP contribution < -0.4 is 0 Å². The first kappa shape index (κ1) is 16.1. The van der Waals surface area contributed by atoms with Crippen molar-refractivity contribution in [1.29, 1.82) is 0 Å². The molecule has 1 aliphatic rings. The number of carboxylic acids is 1. The van der Waals surface area contributed by atoms with Crippen LogP contribution in [0.2, 0.25) is 0 Å². The maximum absolute atomic E-state index is 10.7. The van der Waals surface area contributed by atoms with Crippen LogP contribution in [0.25, 0.3) is 6.08 Å². The van der Waals surface area contributed by atoms with E-state index in [4.69, 9.17) is 9.84 Å². The van der Waals surface area contributed by atoms with Gasteiger partial charge < -0.3 is 9.84 Å². The van der Waals surface area contributed by atoms with Gasteiger partial charge in [0.25, 0.3) is 0 Å². The van der Waals surface area contributed by atoms with Crippen molar-refractivity contribution in [3.8, 4) is 0 Å². The third kappa shape index (κ3) is 4.91. The van der Waals surface area contributed by atoms with Gasteiger partial charge in [-0.05, 0) is 12.0 Å². The van der Waals surface area contributed by atoms with Crippen LogP contribution in [0.3, 0.4) is 0 Å². The lowest BCUT2D eigenvalue weighted by Gasteiger charge is -2.25. The van der Waals surface area contributed by atoms with Crippen molar-refractivity contribution in [2.75, 3.05) is 32.8 Å². The predicted molar refractivity (Wildman–Crippen MR) is 83.8 cm³/mol. The summed E-state index contributed by atoms with van der Waals surface area (Å²) in [6, 6.07) is 0. The van der Waals surface area contributed by atoms with Crippen molar-refractivity contribution >= 4 is 23.4 Å². The number of morpholine rings is 1. The number of carbonyl (C=O) groups is 1. The molecule has 1 saturated heterocycles. The fourth-order valence-electron chi connectivity index (χ4n) is 2.26. The number of hydrogen-bond acceptors (Lipinski definition) is 5. The third-order valence-corrected chi connectivity index (χ3v) is 4.49. The van der Waals surface area contributed by atoms with Gasteiger partial charge in [-0.15, -0.1) is 11.3 Å². The summed E-state index contributed by atoms with van der Waals surface area (Å²) in [7, 11) is 0. The number of nitrogens with zero attached hydrogens (tertiary/aromatic N) is 2. The Morgan fingerprint density at radius 1 is 1.48 bits per heavy atom. The molecule has 0 bridgehead atoms. The minimum atomic E-state index is -0.923. The Kier molecular flexibility index (Phi) is 5.90. The smallest absolute Gasteiger partial charge is 0.328 e. The lowest BCUT2D eigenvalue weighted by molar-refractivity contribution is -0.131. The number of carboxylic acid groups (broad SMARTS) is 1. The van der Waals surface area contributed by atoms with Crippen LogP contribution in [0, 0.1) is 0 Å². The van der Waals surface area contributed by atoms with Crippen molar-refractivity contribution < 1.29 is 14.6 Å². The minimum Gasteiger partial charge on any atom is -0.478 e. The molecule has 0 atom stereocenters. The van der Waals surface area contributed by atoms with Gasteiger partial charge in [0.2, 0.25) is 0 Å². The Balaban J connectivity index is 2.02. The first-order chi connectivity index (χ1) is 10.1. The normalized spacial score (nSPS) is 16.9. The van der Waals surface area contributed by atoms with Crippen LogP contribution >= 0.6 is 11.3 Å². The van der Waals surface area contributed by atoms with Crippen LogP contribution in [0.4, 0.5) is 0 Å². The highest BCUT2D eigenvalue weighted by Crippen LogP contribution is 2.27. The maximum Gasteiger partial charge on any atom is 0.328 e. The molecule has 0 saturated carbocycles. The highest BCUT2D eigenvalue weighted by molar-refractivity contribution is 7.12. The van der Waals surface area contributed by atoms with Gasteiger partial charge in [0, 0.05) is 32.1 Å². The lowest BCUT2D eigenvalue weighted by atomic mass is 10.1. The van der Waals surface area contributed by atoms with Gasteiger partial charge in [-0.25, -0.2) is 9.78 Å². The van der Waals surface area contributed by atoms with Gasteiger partial charge in [0.15, 0.2) is 0 Å². The van der Waals surface area contributed by atoms with Crippen molar-refractivity contribution in [2.24, 2.45) is 0 Å². The second-order valence-corrected chi connectivity index (χ2v) is 6.50. The Morgan fingerprint density at radius 3 is 2.81 bits per heavy atom. The molecule has 0 spiro atoms. The average molecular weight is 310 g/mol. The standard InChI is InChI=1S/C15H22N2O3S/c1-11(2)15-12(3-4-14(18)19)21-13(16-15)5-6-17-7-9-20-10-8-17/h3-4,11H,5-10H2,1-2H3,(H,18,19)/b4-3+. The van der Waals surface area contributed by atoms with Crippen molar-refractivity contribution in [3.05, 3.63) is 21.7 Å². The van der Waals surface area contributed by atoms with Crippen molar-refractivity contribution in [3.63, 3.8) is 0 Å². The monoisotopic (exact) mass is 310 g/mol. The molecule has 0 aliphatic carbocycles. The summed E-state index contributed by atoms with van der Waals surface area (Å²) >= 11 is 1.60. The fourth-order valence-corrected chi connectivity index (χ4v) is 3.37. The molecule has 2 heterocycles. The maximum atomic E-state index is 10.7. The molecule has 5 nitrogen and oxygen atoms in total. The molecule has 0 radical (unpaired) electrons. The number of aliphatic carboxylic acids is 1. The molecular formula is C15H22N2O3S. The molecule has 1 N–H and O–H groups in total. The van der Waals surface area contributed by atoms with E-state index in [0.717, 1.165) is 54.8 Å². The zero-order valence-electron chi connectivity index (χ0n) is 12.5. The molecule has 116 valence electrons. The molecule has 2 rings (SSSR count). The zero-order chi connectivity index (χ0) is 15.2. The Labute approximate surface area is 129 Å². The molecule has 0 amide bonds. The van der Waals surface area contributed by atoms with E-state index >= 15 is 0 Å². The van der Waals surface area contributed by atoms with Crippen LogP contribution in [-0.4, -0.2) is 53.8 Å². The summed E-state index contributed by atoms with van der Waals surface area (Å²) < 4.78 is 5.34. The average Bonchev–Trinajstić information content (AvgIpc) is 2.87. The van der Waals surface area contributed by atoms with E-state index in [0.29, 0.717) is 5.92 Å². The summed E-state index contributed by atoms with van der Waals surface area (Å²) in [5, 5.41) is 9.84. The van der Waals surface area contributed by atoms with Gasteiger partial charge >= 0.3 is 5.97 Å². The van der Waals surface area contributed by atoms with E-state index in [1.807, 2.05) is 0 Å². The van der Waals surface area contributed by atoms with Crippen molar-refractivity contribution in [1.82, 2.24) is 9.88 Å². The molecule has 1 aromatic rings. The summed E-state index contributed by atoms with van der Waals surface area (Å²) in [4.78, 5) is 18.7. The summed E-state index contributed by atoms with van der Waals surface area (Å²) in [5.74, 6) is -0.625. The third-order valence-electron chi connectivity index (χ3n) is 3.40. The van der Waals surface area contributed by atoms with E-state index in [2.05, 4.69) is 23.7 Å². The highest BCUT2D eigenvalue weighted by atomic mass is 32.1. The Morgan fingerprint density at radius 2 is 2.19 bits per heavy atom. The minimum absolute atomic E-state index is 0.298. The van der Waals surface area contributed by atoms with Crippen LogP contribution in [0.15, 0.2) is 6.08 Å². The van der Waals surface area contributed by atoms with Gasteiger partial charge in [-0.1, -0.05) is 13.8 Å². The molecule has 1 fully saturated rings. The highest BCUT2D eigenvalue weighted by Gasteiger charge is 2.15. The fraction of sp³-hybridized carbons (Fsp3) is 0.600. The first-order valence-electron chi connectivity index (χ1n) is 7.27. The predicted octanol–water partition coefficient (Wildman–Crippen LogP) is 2.24. The molecular weight excluding hydrogens is 288 g/mol. The van der Waals surface area contributed by atoms with Crippen molar-refractivity contribution in [2.45, 2.75) is 26.2 Å². The van der Waals surface area contributed by atoms with Gasteiger partial charge in [-0.2, -0.15) is 0 Å². The molecule has 0 unspecified atom stereocenters. The lowest BCUT2D eigenvalue weighted by Crippen LogP contribution is -2.37. The number of ether oxygens (including phenoxy) is 1. The SMILES string of the molecule is CC(C)c1nc(CCN2CCOCC2)sc1/C=C/C(=O)O. The van der Waals surface area contributed by atoms with Crippen LogP contribution in [0.5, 0.6) is 0 Å². The summed E-state index contributed by atoms with van der Waals surface area (Å²) in [5.41, 5.74) is 0.995. The molecule has 6 heteroatoms. The van der Waals surface area contributed by atoms with E-state index in [-0.39, 0.29) is 0 Å². The van der Waals surface area contributed by atoms with Gasteiger partial charge in [-0.3, -0.25) is 4.90 Å². The molecule has 0 aromatic carbocycles. The Hall–Kier alpha value is -1.24. The molecule has 21 heavy (non-hydrogen) atoms. The van der Waals surface area contributed by atoms with Crippen LogP contribution in [0.1, 0.15) is 35.3 Å². The van der Waals surface area contributed by atoms with E-state index in [1.165, 1.54) is 6.08 Å². The van der Waals surface area contributed by atoms with Crippen LogP contribution in [-0.2, 0) is 16.0 Å². The van der Waals surface area contributed by atoms with E-state index in [1.54, 1.807) is 17.4 Å². The Bertz CT molecular complexity index is 505. The van der Waals surface area contributed by atoms with Gasteiger partial charge in [0.1, 0.15) is 0 Å². The topological polar surface area (TPSA) is 62.7 Å². The number of aromatic nitrogens is 1. The zero-order valence-corrected chi connectivity index (χ0v) is 13.4. The van der Waals surface area contributed by atoms with Gasteiger partial charge in [0.05, 0.1) is 28.8 Å². The van der Waals surface area contributed by atoms with E-state index in [9.17, 15) is 4.79 Å². The first-order valence-corrected chi connectivity index (χ1v) is 8.08.